The third-order valence-electron chi connectivity index (χ3n) is 6.05. The van der Waals surface area contributed by atoms with Gasteiger partial charge in [0.05, 0.1) is 16.6 Å². The summed E-state index contributed by atoms with van der Waals surface area (Å²) in [5.41, 5.74) is 1.76. The molecule has 1 amide bonds. The van der Waals surface area contributed by atoms with Crippen molar-refractivity contribution in [3.8, 4) is 0 Å². The summed E-state index contributed by atoms with van der Waals surface area (Å²) in [5, 5.41) is 0.937. The monoisotopic (exact) mass is 353 g/mol. The highest BCUT2D eigenvalue weighted by Crippen LogP contribution is 2.39. The SMILES string of the molecule is CCOCC1CCN(C)C2(C1)CN(C(=O)c1ccnc3ccccc13)C2. The Morgan fingerprint density at radius 3 is 2.92 bits per heavy atom. The molecule has 26 heavy (non-hydrogen) atoms. The second-order valence-electron chi connectivity index (χ2n) is 7.70. The van der Waals surface area contributed by atoms with Crippen molar-refractivity contribution in [2.24, 2.45) is 5.92 Å². The van der Waals surface area contributed by atoms with E-state index >= 15 is 0 Å². The number of hydrogen-bond donors (Lipinski definition) is 0. The number of carbonyl (C=O) groups is 1. The van der Waals surface area contributed by atoms with Crippen LogP contribution in [0.5, 0.6) is 0 Å². The standard InChI is InChI=1S/C21H27N3O2/c1-3-26-13-16-9-11-23(2)21(12-16)14-24(15-21)20(25)18-8-10-22-19-7-5-4-6-17(18)19/h4-8,10,16H,3,9,11-15H2,1-2H3. The predicted molar refractivity (Wildman–Crippen MR) is 102 cm³/mol. The highest BCUT2D eigenvalue weighted by atomic mass is 16.5. The number of piperidine rings is 1. The third-order valence-corrected chi connectivity index (χ3v) is 6.05. The Hall–Kier alpha value is -1.98. The summed E-state index contributed by atoms with van der Waals surface area (Å²) in [6, 6.07) is 9.70. The number of aromatic nitrogens is 1. The van der Waals surface area contributed by atoms with Crippen LogP contribution in [0, 0.1) is 5.92 Å². The maximum Gasteiger partial charge on any atom is 0.254 e. The number of pyridine rings is 1. The molecule has 1 unspecified atom stereocenters. The van der Waals surface area contributed by atoms with Gasteiger partial charge in [-0.3, -0.25) is 14.7 Å². The van der Waals surface area contributed by atoms with Crippen LogP contribution in [0.2, 0.25) is 0 Å². The lowest BCUT2D eigenvalue weighted by molar-refractivity contribution is -0.0751. The fourth-order valence-electron chi connectivity index (χ4n) is 4.47. The van der Waals surface area contributed by atoms with E-state index in [1.165, 1.54) is 6.42 Å². The number of rotatable bonds is 4. The number of likely N-dealkylation sites (tertiary alicyclic amines) is 2. The molecule has 3 heterocycles. The van der Waals surface area contributed by atoms with Gasteiger partial charge in [-0.25, -0.2) is 0 Å². The molecule has 4 rings (SSSR count). The van der Waals surface area contributed by atoms with Crippen LogP contribution >= 0.6 is 0 Å². The molecule has 0 saturated carbocycles. The first-order valence-electron chi connectivity index (χ1n) is 9.55. The summed E-state index contributed by atoms with van der Waals surface area (Å²) in [6.07, 6.45) is 4.03. The summed E-state index contributed by atoms with van der Waals surface area (Å²) in [4.78, 5) is 21.9. The van der Waals surface area contributed by atoms with Crippen LogP contribution in [0.15, 0.2) is 36.5 Å². The zero-order valence-corrected chi connectivity index (χ0v) is 15.6. The Labute approximate surface area is 154 Å². The predicted octanol–water partition coefficient (Wildman–Crippen LogP) is 2.81. The average molecular weight is 353 g/mol. The van der Waals surface area contributed by atoms with Gasteiger partial charge in [-0.1, -0.05) is 18.2 Å². The smallest absolute Gasteiger partial charge is 0.254 e. The van der Waals surface area contributed by atoms with Gasteiger partial charge >= 0.3 is 0 Å². The van der Waals surface area contributed by atoms with Gasteiger partial charge in [0, 0.05) is 37.9 Å². The number of fused-ring (bicyclic) bond motifs is 1. The summed E-state index contributed by atoms with van der Waals surface area (Å²) in [5.74, 6) is 0.722. The molecular formula is C21H27N3O2. The zero-order valence-electron chi connectivity index (χ0n) is 15.6. The van der Waals surface area contributed by atoms with Crippen molar-refractivity contribution >= 4 is 16.8 Å². The van der Waals surface area contributed by atoms with E-state index in [1.54, 1.807) is 6.20 Å². The van der Waals surface area contributed by atoms with E-state index in [0.717, 1.165) is 55.7 Å². The molecule has 2 aliphatic rings. The minimum absolute atomic E-state index is 0.120. The van der Waals surface area contributed by atoms with Crippen molar-refractivity contribution < 1.29 is 9.53 Å². The number of nitrogens with zero attached hydrogens (tertiary/aromatic N) is 3. The minimum Gasteiger partial charge on any atom is -0.381 e. The number of amides is 1. The van der Waals surface area contributed by atoms with Crippen LogP contribution in [0.25, 0.3) is 10.9 Å². The maximum atomic E-state index is 13.1. The van der Waals surface area contributed by atoms with Gasteiger partial charge in [0.15, 0.2) is 0 Å². The lowest BCUT2D eigenvalue weighted by atomic mass is 9.75. The van der Waals surface area contributed by atoms with Crippen LogP contribution in [0.1, 0.15) is 30.1 Å². The zero-order chi connectivity index (χ0) is 18.1. The van der Waals surface area contributed by atoms with Crippen molar-refractivity contribution in [3.63, 3.8) is 0 Å². The Kier molecular flexibility index (Phi) is 4.67. The molecule has 1 aromatic carbocycles. The van der Waals surface area contributed by atoms with Crippen molar-refractivity contribution in [1.29, 1.82) is 0 Å². The molecule has 5 heteroatoms. The fourth-order valence-corrected chi connectivity index (χ4v) is 4.47. The first-order chi connectivity index (χ1) is 12.6. The lowest BCUT2D eigenvalue weighted by Gasteiger charge is -2.58. The average Bonchev–Trinajstić information content (AvgIpc) is 2.64. The molecule has 1 atom stereocenters. The molecule has 138 valence electrons. The number of para-hydroxylation sites is 1. The molecule has 0 radical (unpaired) electrons. The van der Waals surface area contributed by atoms with Gasteiger partial charge in [0.2, 0.25) is 0 Å². The molecule has 2 aliphatic heterocycles. The molecule has 2 fully saturated rings. The van der Waals surface area contributed by atoms with E-state index in [2.05, 4.69) is 16.9 Å². The second-order valence-corrected chi connectivity index (χ2v) is 7.70. The number of hydrogen-bond acceptors (Lipinski definition) is 4. The lowest BCUT2D eigenvalue weighted by Crippen LogP contribution is -2.72. The number of carbonyl (C=O) groups excluding carboxylic acids is 1. The highest BCUT2D eigenvalue weighted by Gasteiger charge is 2.51. The van der Waals surface area contributed by atoms with Crippen LogP contribution in [0.3, 0.4) is 0 Å². The summed E-state index contributed by atoms with van der Waals surface area (Å²) in [6.45, 7) is 6.36. The number of benzene rings is 1. The molecular weight excluding hydrogens is 326 g/mol. The van der Waals surface area contributed by atoms with Crippen LogP contribution < -0.4 is 0 Å². The fraction of sp³-hybridized carbons (Fsp3) is 0.524. The number of likely N-dealkylation sites (N-methyl/N-ethyl adjacent to an activating group) is 1. The van der Waals surface area contributed by atoms with Crippen molar-refractivity contribution in [2.45, 2.75) is 25.3 Å². The molecule has 2 saturated heterocycles. The van der Waals surface area contributed by atoms with Crippen LogP contribution in [-0.4, -0.2) is 66.1 Å². The second kappa shape index (κ2) is 6.97. The molecule has 0 N–H and O–H groups in total. The van der Waals surface area contributed by atoms with Crippen molar-refractivity contribution in [3.05, 3.63) is 42.1 Å². The Morgan fingerprint density at radius 2 is 2.12 bits per heavy atom. The maximum absolute atomic E-state index is 13.1. The van der Waals surface area contributed by atoms with Crippen molar-refractivity contribution in [1.82, 2.24) is 14.8 Å². The minimum atomic E-state index is 0.120. The van der Waals surface area contributed by atoms with E-state index in [-0.39, 0.29) is 11.4 Å². The van der Waals surface area contributed by atoms with E-state index in [0.29, 0.717) is 5.92 Å². The number of ether oxygens (including phenoxy) is 1. The molecule has 1 spiro atoms. The molecule has 0 bridgehead atoms. The molecule has 2 aromatic rings. The van der Waals surface area contributed by atoms with E-state index < -0.39 is 0 Å². The normalized spacial score (nSPS) is 22.5. The Balaban J connectivity index is 1.48. The van der Waals surface area contributed by atoms with E-state index in [1.807, 2.05) is 42.2 Å². The van der Waals surface area contributed by atoms with Gasteiger partial charge in [-0.15, -0.1) is 0 Å². The van der Waals surface area contributed by atoms with Gasteiger partial charge in [0.1, 0.15) is 0 Å². The van der Waals surface area contributed by atoms with Gasteiger partial charge < -0.3 is 9.64 Å². The topological polar surface area (TPSA) is 45.7 Å². The third kappa shape index (κ3) is 2.99. The first kappa shape index (κ1) is 17.4. The quantitative estimate of drug-likeness (QED) is 0.848. The molecule has 1 aromatic heterocycles. The summed E-state index contributed by atoms with van der Waals surface area (Å²) >= 11 is 0. The Bertz CT molecular complexity index is 793. The van der Waals surface area contributed by atoms with E-state index in [9.17, 15) is 4.79 Å². The van der Waals surface area contributed by atoms with E-state index in [4.69, 9.17) is 4.74 Å². The van der Waals surface area contributed by atoms with Gasteiger partial charge in [-0.05, 0) is 51.4 Å². The van der Waals surface area contributed by atoms with Crippen LogP contribution in [0.4, 0.5) is 0 Å². The largest absolute Gasteiger partial charge is 0.381 e. The molecule has 5 nitrogen and oxygen atoms in total. The molecule has 0 aliphatic carbocycles. The first-order valence-corrected chi connectivity index (χ1v) is 9.55. The van der Waals surface area contributed by atoms with Gasteiger partial charge in [0.25, 0.3) is 5.91 Å². The summed E-state index contributed by atoms with van der Waals surface area (Å²) in [7, 11) is 2.19. The summed E-state index contributed by atoms with van der Waals surface area (Å²) < 4.78 is 5.66. The van der Waals surface area contributed by atoms with Crippen molar-refractivity contribution in [2.75, 3.05) is 39.9 Å². The highest BCUT2D eigenvalue weighted by molar-refractivity contribution is 6.06. The van der Waals surface area contributed by atoms with Gasteiger partial charge in [-0.2, -0.15) is 0 Å². The Morgan fingerprint density at radius 1 is 1.31 bits per heavy atom. The van der Waals surface area contributed by atoms with Crippen LogP contribution in [-0.2, 0) is 4.74 Å².